The number of likely N-dealkylation sites (tertiary alicyclic amines) is 1. The van der Waals surface area contributed by atoms with Gasteiger partial charge in [0.05, 0.1) is 31.4 Å². The standard InChI is InChI=1S/C19H27ClN2O4/c1-5-26-19(24)14-6-8-22(9-7-14)13(3)18(23)21-16-10-12(2)15(20)11-17(16)25-4/h10-11,13-14H,5-9H2,1-4H3,(H,21,23)/t13-/m1/s1. The van der Waals surface area contributed by atoms with Crippen LogP contribution >= 0.6 is 11.6 Å². The fourth-order valence-electron chi connectivity index (χ4n) is 3.12. The van der Waals surface area contributed by atoms with Crippen molar-refractivity contribution < 1.29 is 19.1 Å². The largest absolute Gasteiger partial charge is 0.495 e. The van der Waals surface area contributed by atoms with E-state index in [-0.39, 0.29) is 23.8 Å². The van der Waals surface area contributed by atoms with Crippen molar-refractivity contribution in [3.8, 4) is 5.75 Å². The maximum atomic E-state index is 12.7. The summed E-state index contributed by atoms with van der Waals surface area (Å²) in [4.78, 5) is 26.6. The molecule has 1 aromatic carbocycles. The van der Waals surface area contributed by atoms with Crippen LogP contribution in [-0.2, 0) is 14.3 Å². The Balaban J connectivity index is 1.97. The molecule has 6 nitrogen and oxygen atoms in total. The number of piperidine rings is 1. The second kappa shape index (κ2) is 9.24. The Bertz CT molecular complexity index is 657. The first-order chi connectivity index (χ1) is 12.4. The minimum Gasteiger partial charge on any atom is -0.495 e. The number of methoxy groups -OCH3 is 1. The van der Waals surface area contributed by atoms with Crippen LogP contribution < -0.4 is 10.1 Å². The molecule has 0 saturated carbocycles. The zero-order chi connectivity index (χ0) is 19.3. The highest BCUT2D eigenvalue weighted by Gasteiger charge is 2.30. The lowest BCUT2D eigenvalue weighted by Gasteiger charge is -2.34. The van der Waals surface area contributed by atoms with E-state index in [9.17, 15) is 9.59 Å². The van der Waals surface area contributed by atoms with Gasteiger partial charge in [-0.3, -0.25) is 14.5 Å². The number of hydrogen-bond donors (Lipinski definition) is 1. The van der Waals surface area contributed by atoms with E-state index in [1.54, 1.807) is 19.2 Å². The average Bonchev–Trinajstić information content (AvgIpc) is 2.64. The van der Waals surface area contributed by atoms with Gasteiger partial charge in [-0.1, -0.05) is 11.6 Å². The number of carbonyl (C=O) groups is 2. The van der Waals surface area contributed by atoms with Crippen LogP contribution in [-0.4, -0.2) is 49.6 Å². The average molecular weight is 383 g/mol. The van der Waals surface area contributed by atoms with E-state index >= 15 is 0 Å². The molecule has 0 radical (unpaired) electrons. The minimum atomic E-state index is -0.307. The lowest BCUT2D eigenvalue weighted by molar-refractivity contribution is -0.149. The topological polar surface area (TPSA) is 67.9 Å². The lowest BCUT2D eigenvalue weighted by Crippen LogP contribution is -2.47. The van der Waals surface area contributed by atoms with Crippen LogP contribution in [0.4, 0.5) is 5.69 Å². The van der Waals surface area contributed by atoms with Crippen LogP contribution in [0.5, 0.6) is 5.75 Å². The third-order valence-electron chi connectivity index (χ3n) is 4.82. The number of carbonyl (C=O) groups excluding carboxylic acids is 2. The Morgan fingerprint density at radius 2 is 2.00 bits per heavy atom. The number of esters is 1. The third-order valence-corrected chi connectivity index (χ3v) is 5.22. The van der Waals surface area contributed by atoms with Crippen LogP contribution in [0.25, 0.3) is 0 Å². The minimum absolute atomic E-state index is 0.0690. The number of benzene rings is 1. The van der Waals surface area contributed by atoms with Gasteiger partial charge < -0.3 is 14.8 Å². The first kappa shape index (κ1) is 20.5. The summed E-state index contributed by atoms with van der Waals surface area (Å²) in [6.07, 6.45) is 1.42. The second-order valence-corrected chi connectivity index (χ2v) is 6.94. The molecule has 1 saturated heterocycles. The van der Waals surface area contributed by atoms with Crippen LogP contribution in [0.2, 0.25) is 5.02 Å². The summed E-state index contributed by atoms with van der Waals surface area (Å²) in [5.41, 5.74) is 1.47. The molecule has 0 spiro atoms. The Kier molecular flexibility index (Phi) is 7.29. The molecular formula is C19H27ClN2O4. The Morgan fingerprint density at radius 1 is 1.35 bits per heavy atom. The number of anilines is 1. The number of aryl methyl sites for hydroxylation is 1. The summed E-state index contributed by atoms with van der Waals surface area (Å²) in [7, 11) is 1.54. The molecule has 1 aliphatic heterocycles. The zero-order valence-corrected chi connectivity index (χ0v) is 16.6. The van der Waals surface area contributed by atoms with E-state index < -0.39 is 0 Å². The second-order valence-electron chi connectivity index (χ2n) is 6.53. The van der Waals surface area contributed by atoms with Crippen molar-refractivity contribution in [1.82, 2.24) is 4.90 Å². The van der Waals surface area contributed by atoms with Gasteiger partial charge in [0.2, 0.25) is 5.91 Å². The number of rotatable bonds is 6. The van der Waals surface area contributed by atoms with Crippen molar-refractivity contribution in [1.29, 1.82) is 0 Å². The number of amides is 1. The number of nitrogens with zero attached hydrogens (tertiary/aromatic N) is 1. The molecule has 0 aliphatic carbocycles. The molecule has 1 fully saturated rings. The van der Waals surface area contributed by atoms with Crippen molar-refractivity contribution in [2.45, 2.75) is 39.7 Å². The highest BCUT2D eigenvalue weighted by atomic mass is 35.5. The molecule has 0 unspecified atom stereocenters. The van der Waals surface area contributed by atoms with Gasteiger partial charge in [0, 0.05) is 11.1 Å². The van der Waals surface area contributed by atoms with Gasteiger partial charge in [0.15, 0.2) is 0 Å². The van der Waals surface area contributed by atoms with Gasteiger partial charge in [-0.05, 0) is 58.3 Å². The van der Waals surface area contributed by atoms with Crippen molar-refractivity contribution >= 4 is 29.2 Å². The van der Waals surface area contributed by atoms with Crippen molar-refractivity contribution in [2.24, 2.45) is 5.92 Å². The third kappa shape index (κ3) is 4.89. The van der Waals surface area contributed by atoms with E-state index in [4.69, 9.17) is 21.1 Å². The van der Waals surface area contributed by atoms with Gasteiger partial charge >= 0.3 is 5.97 Å². The molecule has 2 rings (SSSR count). The van der Waals surface area contributed by atoms with Crippen molar-refractivity contribution in [3.05, 3.63) is 22.7 Å². The van der Waals surface area contributed by atoms with E-state index in [0.717, 1.165) is 5.56 Å². The van der Waals surface area contributed by atoms with Gasteiger partial charge in [-0.25, -0.2) is 0 Å². The molecular weight excluding hydrogens is 356 g/mol. The highest BCUT2D eigenvalue weighted by molar-refractivity contribution is 6.31. The first-order valence-electron chi connectivity index (χ1n) is 8.93. The molecule has 1 aliphatic rings. The number of halogens is 1. The fourth-order valence-corrected chi connectivity index (χ4v) is 3.27. The Labute approximate surface area is 159 Å². The van der Waals surface area contributed by atoms with Crippen LogP contribution in [0.15, 0.2) is 12.1 Å². The summed E-state index contributed by atoms with van der Waals surface area (Å²) in [5, 5.41) is 3.52. The predicted octanol–water partition coefficient (Wildman–Crippen LogP) is 3.26. The quantitative estimate of drug-likeness (QED) is 0.765. The molecule has 1 heterocycles. The highest BCUT2D eigenvalue weighted by Crippen LogP contribution is 2.31. The zero-order valence-electron chi connectivity index (χ0n) is 15.8. The summed E-state index contributed by atoms with van der Waals surface area (Å²) in [5.74, 6) is 0.216. The summed E-state index contributed by atoms with van der Waals surface area (Å²) in [6, 6.07) is 3.19. The summed E-state index contributed by atoms with van der Waals surface area (Å²) < 4.78 is 10.4. The van der Waals surface area contributed by atoms with Gasteiger partial charge in [-0.15, -0.1) is 0 Å². The van der Waals surface area contributed by atoms with E-state index in [1.807, 2.05) is 20.8 Å². The van der Waals surface area contributed by atoms with E-state index in [0.29, 0.717) is 49.0 Å². The molecule has 0 aromatic heterocycles. The lowest BCUT2D eigenvalue weighted by atomic mass is 9.96. The molecule has 7 heteroatoms. The summed E-state index contributed by atoms with van der Waals surface area (Å²) in [6.45, 7) is 7.34. The monoisotopic (exact) mass is 382 g/mol. The number of hydrogen-bond acceptors (Lipinski definition) is 5. The maximum absolute atomic E-state index is 12.7. The maximum Gasteiger partial charge on any atom is 0.309 e. The normalized spacial score (nSPS) is 16.8. The summed E-state index contributed by atoms with van der Waals surface area (Å²) >= 11 is 6.11. The Morgan fingerprint density at radius 3 is 2.58 bits per heavy atom. The van der Waals surface area contributed by atoms with Crippen LogP contribution in [0.3, 0.4) is 0 Å². The van der Waals surface area contributed by atoms with Gasteiger partial charge in [0.1, 0.15) is 5.75 Å². The smallest absolute Gasteiger partial charge is 0.309 e. The van der Waals surface area contributed by atoms with E-state index in [2.05, 4.69) is 10.2 Å². The molecule has 144 valence electrons. The van der Waals surface area contributed by atoms with Crippen molar-refractivity contribution in [2.75, 3.05) is 32.1 Å². The molecule has 1 aromatic rings. The number of nitrogens with one attached hydrogen (secondary N) is 1. The molecule has 1 amide bonds. The molecule has 1 N–H and O–H groups in total. The predicted molar refractivity (Wildman–Crippen MR) is 102 cm³/mol. The molecule has 26 heavy (non-hydrogen) atoms. The SMILES string of the molecule is CCOC(=O)C1CCN([C@H](C)C(=O)Nc2cc(C)c(Cl)cc2OC)CC1. The first-order valence-corrected chi connectivity index (χ1v) is 9.30. The molecule has 0 bridgehead atoms. The Hall–Kier alpha value is -1.79. The van der Waals surface area contributed by atoms with Gasteiger partial charge in [0.25, 0.3) is 0 Å². The number of ether oxygens (including phenoxy) is 2. The van der Waals surface area contributed by atoms with Crippen LogP contribution in [0.1, 0.15) is 32.3 Å². The van der Waals surface area contributed by atoms with Crippen LogP contribution in [0, 0.1) is 12.8 Å². The molecule has 1 atom stereocenters. The van der Waals surface area contributed by atoms with Crippen molar-refractivity contribution in [3.63, 3.8) is 0 Å². The van der Waals surface area contributed by atoms with E-state index in [1.165, 1.54) is 0 Å². The fraction of sp³-hybridized carbons (Fsp3) is 0.579. The van der Waals surface area contributed by atoms with Gasteiger partial charge in [-0.2, -0.15) is 0 Å².